The average molecular weight is 290 g/mol. The Kier molecular flexibility index (Phi) is 6.92. The Morgan fingerprint density at radius 1 is 1.19 bits per heavy atom. The van der Waals surface area contributed by atoms with Gasteiger partial charge in [-0.25, -0.2) is 0 Å². The standard InChI is InChI=1S/C17H26N2O2/c1-5-13(4)19-17(21)15-8-6-7-14(10-15)11-18-16(20)9-12(2)3/h6-8,10,12-13H,5,9,11H2,1-4H3,(H,18,20)(H,19,21). The van der Waals surface area contributed by atoms with E-state index in [0.29, 0.717) is 24.4 Å². The highest BCUT2D eigenvalue weighted by molar-refractivity contribution is 5.94. The van der Waals surface area contributed by atoms with Crippen molar-refractivity contribution < 1.29 is 9.59 Å². The fraction of sp³-hybridized carbons (Fsp3) is 0.529. The van der Waals surface area contributed by atoms with E-state index in [2.05, 4.69) is 10.6 Å². The van der Waals surface area contributed by atoms with Gasteiger partial charge in [0, 0.05) is 24.6 Å². The molecule has 0 bridgehead atoms. The molecule has 116 valence electrons. The van der Waals surface area contributed by atoms with E-state index >= 15 is 0 Å². The Labute approximate surface area is 127 Å². The van der Waals surface area contributed by atoms with Crippen LogP contribution in [0.25, 0.3) is 0 Å². The van der Waals surface area contributed by atoms with Crippen molar-refractivity contribution in [2.45, 2.75) is 53.1 Å². The summed E-state index contributed by atoms with van der Waals surface area (Å²) in [6, 6.07) is 7.53. The van der Waals surface area contributed by atoms with Gasteiger partial charge in [0.05, 0.1) is 0 Å². The maximum Gasteiger partial charge on any atom is 0.251 e. The maximum atomic E-state index is 12.1. The van der Waals surface area contributed by atoms with Crippen molar-refractivity contribution in [3.05, 3.63) is 35.4 Å². The molecule has 0 fully saturated rings. The van der Waals surface area contributed by atoms with Gasteiger partial charge >= 0.3 is 0 Å². The molecule has 2 amide bonds. The molecule has 1 atom stereocenters. The fourth-order valence-corrected chi connectivity index (χ4v) is 1.88. The topological polar surface area (TPSA) is 58.2 Å². The van der Waals surface area contributed by atoms with E-state index in [9.17, 15) is 9.59 Å². The van der Waals surface area contributed by atoms with Crippen LogP contribution >= 0.6 is 0 Å². The number of hydrogen-bond donors (Lipinski definition) is 2. The van der Waals surface area contributed by atoms with E-state index in [1.54, 1.807) is 6.07 Å². The van der Waals surface area contributed by atoms with Crippen LogP contribution in [0, 0.1) is 5.92 Å². The Hall–Kier alpha value is -1.84. The molecule has 0 radical (unpaired) electrons. The van der Waals surface area contributed by atoms with Crippen molar-refractivity contribution in [3.8, 4) is 0 Å². The first-order valence-corrected chi connectivity index (χ1v) is 7.58. The van der Waals surface area contributed by atoms with E-state index in [1.165, 1.54) is 0 Å². The highest BCUT2D eigenvalue weighted by atomic mass is 16.2. The first kappa shape index (κ1) is 17.2. The summed E-state index contributed by atoms with van der Waals surface area (Å²) in [5, 5.41) is 5.82. The molecule has 21 heavy (non-hydrogen) atoms. The number of nitrogens with one attached hydrogen (secondary N) is 2. The second-order valence-electron chi connectivity index (χ2n) is 5.86. The molecular formula is C17H26N2O2. The molecule has 1 aromatic rings. The minimum atomic E-state index is -0.0697. The van der Waals surface area contributed by atoms with Crippen LogP contribution < -0.4 is 10.6 Å². The van der Waals surface area contributed by atoms with Gasteiger partial charge < -0.3 is 10.6 Å². The van der Waals surface area contributed by atoms with Crippen LogP contribution in [0.3, 0.4) is 0 Å². The first-order valence-electron chi connectivity index (χ1n) is 7.58. The molecule has 0 aliphatic heterocycles. The van der Waals surface area contributed by atoms with Crippen molar-refractivity contribution in [2.24, 2.45) is 5.92 Å². The fourth-order valence-electron chi connectivity index (χ4n) is 1.88. The smallest absolute Gasteiger partial charge is 0.251 e. The van der Waals surface area contributed by atoms with Crippen molar-refractivity contribution >= 4 is 11.8 Å². The van der Waals surface area contributed by atoms with Crippen molar-refractivity contribution in [1.82, 2.24) is 10.6 Å². The molecule has 0 spiro atoms. The number of carbonyl (C=O) groups is 2. The minimum Gasteiger partial charge on any atom is -0.352 e. The third-order valence-electron chi connectivity index (χ3n) is 3.26. The van der Waals surface area contributed by atoms with Crippen LogP contribution in [0.2, 0.25) is 0 Å². The van der Waals surface area contributed by atoms with E-state index in [-0.39, 0.29) is 17.9 Å². The highest BCUT2D eigenvalue weighted by Crippen LogP contribution is 2.07. The zero-order chi connectivity index (χ0) is 15.8. The number of amides is 2. The summed E-state index contributed by atoms with van der Waals surface area (Å²) in [5.41, 5.74) is 1.56. The predicted molar refractivity (Wildman–Crippen MR) is 85.0 cm³/mol. The summed E-state index contributed by atoms with van der Waals surface area (Å²) < 4.78 is 0. The van der Waals surface area contributed by atoms with Gasteiger partial charge in [0.2, 0.25) is 5.91 Å². The molecule has 0 aromatic heterocycles. The van der Waals surface area contributed by atoms with Gasteiger partial charge in [0.15, 0.2) is 0 Å². The van der Waals surface area contributed by atoms with Crippen molar-refractivity contribution in [1.29, 1.82) is 0 Å². The number of hydrogen-bond acceptors (Lipinski definition) is 2. The second-order valence-corrected chi connectivity index (χ2v) is 5.86. The van der Waals surface area contributed by atoms with Gasteiger partial charge in [0.25, 0.3) is 5.91 Å². The van der Waals surface area contributed by atoms with Gasteiger partial charge in [-0.05, 0) is 37.0 Å². The Bertz CT molecular complexity index is 483. The van der Waals surface area contributed by atoms with E-state index in [4.69, 9.17) is 0 Å². The third kappa shape index (κ3) is 6.43. The van der Waals surface area contributed by atoms with Crippen molar-refractivity contribution in [3.63, 3.8) is 0 Å². The molecule has 2 N–H and O–H groups in total. The lowest BCUT2D eigenvalue weighted by Gasteiger charge is -2.12. The number of carbonyl (C=O) groups excluding carboxylic acids is 2. The van der Waals surface area contributed by atoms with E-state index < -0.39 is 0 Å². The molecule has 1 rings (SSSR count). The van der Waals surface area contributed by atoms with Crippen LogP contribution in [-0.2, 0) is 11.3 Å². The Morgan fingerprint density at radius 2 is 1.90 bits per heavy atom. The molecule has 4 heteroatoms. The van der Waals surface area contributed by atoms with Gasteiger partial charge in [-0.15, -0.1) is 0 Å². The molecule has 1 unspecified atom stereocenters. The third-order valence-corrected chi connectivity index (χ3v) is 3.26. The quantitative estimate of drug-likeness (QED) is 0.811. The second kappa shape index (κ2) is 8.45. The molecule has 0 aliphatic carbocycles. The van der Waals surface area contributed by atoms with Gasteiger partial charge in [-0.3, -0.25) is 9.59 Å². The van der Waals surface area contributed by atoms with Crippen LogP contribution in [0.15, 0.2) is 24.3 Å². The molecule has 0 saturated carbocycles. The number of benzene rings is 1. The molecule has 0 aliphatic rings. The van der Waals surface area contributed by atoms with Gasteiger partial charge in [0.1, 0.15) is 0 Å². The van der Waals surface area contributed by atoms with Crippen LogP contribution in [0.1, 0.15) is 56.5 Å². The van der Waals surface area contributed by atoms with Crippen molar-refractivity contribution in [2.75, 3.05) is 0 Å². The summed E-state index contributed by atoms with van der Waals surface area (Å²) in [4.78, 5) is 23.7. The molecule has 1 aromatic carbocycles. The summed E-state index contributed by atoms with van der Waals surface area (Å²) in [6.07, 6.45) is 1.42. The lowest BCUT2D eigenvalue weighted by atomic mass is 10.1. The minimum absolute atomic E-state index is 0.0412. The molecule has 4 nitrogen and oxygen atoms in total. The molecule has 0 saturated heterocycles. The van der Waals surface area contributed by atoms with Gasteiger partial charge in [-0.1, -0.05) is 32.9 Å². The van der Waals surface area contributed by atoms with E-state index in [1.807, 2.05) is 45.9 Å². The lowest BCUT2D eigenvalue weighted by molar-refractivity contribution is -0.121. The Balaban J connectivity index is 2.60. The predicted octanol–water partition coefficient (Wildman–Crippen LogP) is 2.88. The van der Waals surface area contributed by atoms with Gasteiger partial charge in [-0.2, -0.15) is 0 Å². The van der Waals surface area contributed by atoms with Crippen LogP contribution in [-0.4, -0.2) is 17.9 Å². The Morgan fingerprint density at radius 3 is 2.52 bits per heavy atom. The summed E-state index contributed by atoms with van der Waals surface area (Å²) in [5.74, 6) is 0.316. The normalized spacial score (nSPS) is 12.0. The first-order chi connectivity index (χ1) is 9.92. The zero-order valence-electron chi connectivity index (χ0n) is 13.4. The number of rotatable bonds is 7. The van der Waals surface area contributed by atoms with Crippen LogP contribution in [0.4, 0.5) is 0 Å². The molecule has 0 heterocycles. The largest absolute Gasteiger partial charge is 0.352 e. The SMILES string of the molecule is CCC(C)NC(=O)c1cccc(CNC(=O)CC(C)C)c1. The molecular weight excluding hydrogens is 264 g/mol. The lowest BCUT2D eigenvalue weighted by Crippen LogP contribution is -2.32. The summed E-state index contributed by atoms with van der Waals surface area (Å²) >= 11 is 0. The summed E-state index contributed by atoms with van der Waals surface area (Å²) in [7, 11) is 0. The van der Waals surface area contributed by atoms with E-state index in [0.717, 1.165) is 12.0 Å². The average Bonchev–Trinajstić information content (AvgIpc) is 2.44. The van der Waals surface area contributed by atoms with Crippen LogP contribution in [0.5, 0.6) is 0 Å². The highest BCUT2D eigenvalue weighted by Gasteiger charge is 2.09. The maximum absolute atomic E-state index is 12.1. The summed E-state index contributed by atoms with van der Waals surface area (Å²) in [6.45, 7) is 8.49. The monoisotopic (exact) mass is 290 g/mol. The zero-order valence-corrected chi connectivity index (χ0v) is 13.4.